The van der Waals surface area contributed by atoms with Gasteiger partial charge in [0.2, 0.25) is 0 Å². The van der Waals surface area contributed by atoms with E-state index >= 15 is 0 Å². The number of aromatic amines is 1. The predicted molar refractivity (Wildman–Crippen MR) is 113 cm³/mol. The predicted octanol–water partition coefficient (Wildman–Crippen LogP) is 3.61. The fourth-order valence-electron chi connectivity index (χ4n) is 3.89. The Balaban J connectivity index is 1.46. The second-order valence-electron chi connectivity index (χ2n) is 7.72. The van der Waals surface area contributed by atoms with E-state index in [1.807, 2.05) is 24.3 Å². The molecular formula is C23H24FN3O3. The number of likely N-dealkylation sites (tertiary alicyclic amines) is 1. The molecule has 1 aliphatic heterocycles. The van der Waals surface area contributed by atoms with E-state index in [0.29, 0.717) is 23.6 Å². The Morgan fingerprint density at radius 3 is 2.70 bits per heavy atom. The normalized spacial score (nSPS) is 17.1. The molecule has 1 fully saturated rings. The third-order valence-corrected chi connectivity index (χ3v) is 5.36. The fourth-order valence-corrected chi connectivity index (χ4v) is 3.89. The van der Waals surface area contributed by atoms with E-state index in [0.717, 1.165) is 31.5 Å². The van der Waals surface area contributed by atoms with Crippen LogP contribution in [0.3, 0.4) is 0 Å². The van der Waals surface area contributed by atoms with E-state index < -0.39 is 0 Å². The van der Waals surface area contributed by atoms with Crippen molar-refractivity contribution in [1.29, 1.82) is 0 Å². The number of aromatic nitrogens is 2. The summed E-state index contributed by atoms with van der Waals surface area (Å²) in [6.45, 7) is 4.08. The second kappa shape index (κ2) is 8.67. The topological polar surface area (TPSA) is 67.3 Å². The summed E-state index contributed by atoms with van der Waals surface area (Å²) in [4.78, 5) is 28.6. The summed E-state index contributed by atoms with van der Waals surface area (Å²) in [6, 6.07) is 13.8. The highest BCUT2D eigenvalue weighted by Crippen LogP contribution is 2.25. The summed E-state index contributed by atoms with van der Waals surface area (Å²) in [6.07, 6.45) is 3.52. The van der Waals surface area contributed by atoms with Gasteiger partial charge in [0.05, 0.1) is 6.04 Å². The standard InChI is InChI=1S/C23H24FN3O3/c1-16-13-27(23(29)25-22(16)28)19-7-4-10-26(15-19)14-17-5-2-8-20(11-17)30-21-9-3-6-18(24)12-21/h2-3,5-6,8-9,11-13,19H,4,7,10,14-15H2,1H3,(H,25,28,29)/t19-/m0/s1. The summed E-state index contributed by atoms with van der Waals surface area (Å²) in [5.74, 6) is 0.771. The number of ether oxygens (including phenoxy) is 1. The summed E-state index contributed by atoms with van der Waals surface area (Å²) < 4.78 is 20.8. The molecule has 0 radical (unpaired) electrons. The molecular weight excluding hydrogens is 385 g/mol. The molecule has 6 nitrogen and oxygen atoms in total. The van der Waals surface area contributed by atoms with E-state index in [1.165, 1.54) is 12.1 Å². The first-order valence-electron chi connectivity index (χ1n) is 10.0. The Bertz CT molecular complexity index is 1150. The van der Waals surface area contributed by atoms with Crippen molar-refractivity contribution in [2.75, 3.05) is 13.1 Å². The molecule has 1 atom stereocenters. The van der Waals surface area contributed by atoms with Crippen molar-refractivity contribution >= 4 is 0 Å². The van der Waals surface area contributed by atoms with Crippen LogP contribution in [0.25, 0.3) is 0 Å². The number of aryl methyl sites for hydroxylation is 1. The van der Waals surface area contributed by atoms with Gasteiger partial charge in [-0.3, -0.25) is 19.2 Å². The van der Waals surface area contributed by atoms with Crippen LogP contribution in [0.15, 0.2) is 64.3 Å². The fraction of sp³-hybridized carbons (Fsp3) is 0.304. The number of benzene rings is 2. The monoisotopic (exact) mass is 409 g/mol. The van der Waals surface area contributed by atoms with Crippen LogP contribution in [0.2, 0.25) is 0 Å². The minimum Gasteiger partial charge on any atom is -0.457 e. The number of piperidine rings is 1. The summed E-state index contributed by atoms with van der Waals surface area (Å²) in [5, 5.41) is 0. The van der Waals surface area contributed by atoms with Crippen LogP contribution in [0.4, 0.5) is 4.39 Å². The van der Waals surface area contributed by atoms with Gasteiger partial charge in [0.1, 0.15) is 17.3 Å². The molecule has 2 aromatic carbocycles. The zero-order valence-corrected chi connectivity index (χ0v) is 16.8. The summed E-state index contributed by atoms with van der Waals surface area (Å²) >= 11 is 0. The molecule has 1 aliphatic rings. The molecule has 156 valence electrons. The molecule has 7 heteroatoms. The van der Waals surface area contributed by atoms with Crippen LogP contribution < -0.4 is 16.0 Å². The first-order valence-corrected chi connectivity index (χ1v) is 10.0. The van der Waals surface area contributed by atoms with Crippen molar-refractivity contribution in [2.45, 2.75) is 32.4 Å². The van der Waals surface area contributed by atoms with Crippen LogP contribution in [0.1, 0.15) is 30.0 Å². The molecule has 0 amide bonds. The largest absolute Gasteiger partial charge is 0.457 e. The first-order chi connectivity index (χ1) is 14.5. The Morgan fingerprint density at radius 1 is 1.13 bits per heavy atom. The van der Waals surface area contributed by atoms with Crippen molar-refractivity contribution in [3.8, 4) is 11.5 Å². The SMILES string of the molecule is Cc1cn([C@H]2CCCN(Cc3cccc(Oc4cccc(F)c4)c3)C2)c(=O)[nH]c1=O. The van der Waals surface area contributed by atoms with Gasteiger partial charge < -0.3 is 4.74 Å². The van der Waals surface area contributed by atoms with Crippen molar-refractivity contribution in [3.63, 3.8) is 0 Å². The van der Waals surface area contributed by atoms with E-state index in [2.05, 4.69) is 9.88 Å². The Labute approximate surface area is 173 Å². The van der Waals surface area contributed by atoms with Crippen LogP contribution in [-0.4, -0.2) is 27.5 Å². The number of halogens is 1. The third kappa shape index (κ3) is 4.68. The maximum Gasteiger partial charge on any atom is 0.328 e. The van der Waals surface area contributed by atoms with Crippen LogP contribution in [0, 0.1) is 12.7 Å². The van der Waals surface area contributed by atoms with Gasteiger partial charge in [-0.1, -0.05) is 18.2 Å². The van der Waals surface area contributed by atoms with Gasteiger partial charge in [-0.15, -0.1) is 0 Å². The van der Waals surface area contributed by atoms with Gasteiger partial charge in [-0.2, -0.15) is 0 Å². The van der Waals surface area contributed by atoms with Crippen molar-refractivity contribution in [3.05, 3.63) is 92.5 Å². The number of hydrogen-bond donors (Lipinski definition) is 1. The molecule has 0 spiro atoms. The lowest BCUT2D eigenvalue weighted by atomic mass is 10.0. The average Bonchev–Trinajstić information content (AvgIpc) is 2.71. The number of nitrogens with zero attached hydrogens (tertiary/aromatic N) is 2. The Hall–Kier alpha value is -3.19. The molecule has 1 N–H and O–H groups in total. The van der Waals surface area contributed by atoms with E-state index in [4.69, 9.17) is 4.74 Å². The quantitative estimate of drug-likeness (QED) is 0.699. The minimum atomic E-state index is -0.358. The van der Waals surface area contributed by atoms with E-state index in [-0.39, 0.29) is 23.1 Å². The minimum absolute atomic E-state index is 0.0218. The lowest BCUT2D eigenvalue weighted by molar-refractivity contribution is 0.167. The second-order valence-corrected chi connectivity index (χ2v) is 7.72. The number of nitrogens with one attached hydrogen (secondary N) is 1. The van der Waals surface area contributed by atoms with E-state index in [1.54, 1.807) is 29.8 Å². The highest BCUT2D eigenvalue weighted by atomic mass is 19.1. The first kappa shape index (κ1) is 20.1. The zero-order valence-electron chi connectivity index (χ0n) is 16.8. The Morgan fingerprint density at radius 2 is 1.90 bits per heavy atom. The van der Waals surface area contributed by atoms with E-state index in [9.17, 15) is 14.0 Å². The molecule has 1 aromatic heterocycles. The van der Waals surface area contributed by atoms with Crippen LogP contribution >= 0.6 is 0 Å². The molecule has 0 aliphatic carbocycles. The van der Waals surface area contributed by atoms with Crippen LogP contribution in [0.5, 0.6) is 11.5 Å². The molecule has 1 saturated heterocycles. The molecule has 30 heavy (non-hydrogen) atoms. The van der Waals surface area contributed by atoms with Crippen molar-refractivity contribution in [2.24, 2.45) is 0 Å². The Kier molecular flexibility index (Phi) is 5.81. The maximum atomic E-state index is 13.4. The summed E-state index contributed by atoms with van der Waals surface area (Å²) in [7, 11) is 0. The van der Waals surface area contributed by atoms with Gasteiger partial charge in [0, 0.05) is 30.9 Å². The molecule has 2 heterocycles. The molecule has 3 aromatic rings. The highest BCUT2D eigenvalue weighted by Gasteiger charge is 2.22. The van der Waals surface area contributed by atoms with Gasteiger partial charge in [0.15, 0.2) is 0 Å². The molecule has 4 rings (SSSR count). The van der Waals surface area contributed by atoms with Crippen molar-refractivity contribution in [1.82, 2.24) is 14.5 Å². The molecule has 0 saturated carbocycles. The smallest absolute Gasteiger partial charge is 0.328 e. The van der Waals surface area contributed by atoms with Gasteiger partial charge >= 0.3 is 5.69 Å². The third-order valence-electron chi connectivity index (χ3n) is 5.36. The number of H-pyrrole nitrogens is 1. The van der Waals surface area contributed by atoms with Crippen molar-refractivity contribution < 1.29 is 9.13 Å². The van der Waals surface area contributed by atoms with Gasteiger partial charge in [-0.25, -0.2) is 9.18 Å². The number of hydrogen-bond acceptors (Lipinski definition) is 4. The summed E-state index contributed by atoms with van der Waals surface area (Å²) in [5.41, 5.74) is 0.922. The molecule has 0 bridgehead atoms. The number of rotatable bonds is 5. The lowest BCUT2D eigenvalue weighted by Crippen LogP contribution is -2.41. The maximum absolute atomic E-state index is 13.4. The highest BCUT2D eigenvalue weighted by molar-refractivity contribution is 5.34. The zero-order chi connectivity index (χ0) is 21.1. The van der Waals surface area contributed by atoms with Crippen LogP contribution in [-0.2, 0) is 6.54 Å². The lowest BCUT2D eigenvalue weighted by Gasteiger charge is -2.33. The average molecular weight is 409 g/mol. The molecule has 0 unspecified atom stereocenters. The van der Waals surface area contributed by atoms with Gasteiger partial charge in [0.25, 0.3) is 5.56 Å². The van der Waals surface area contributed by atoms with Gasteiger partial charge in [-0.05, 0) is 56.1 Å².